The largest absolute Gasteiger partial charge is 0.497 e. The van der Waals surface area contributed by atoms with Gasteiger partial charge in [-0.1, -0.05) is 6.07 Å². The Hall–Kier alpha value is -1.31. The smallest absolute Gasteiger partial charge is 0.282 e. The molecule has 0 bridgehead atoms. The van der Waals surface area contributed by atoms with Crippen LogP contribution >= 0.6 is 0 Å². The van der Waals surface area contributed by atoms with Crippen molar-refractivity contribution in [1.29, 1.82) is 0 Å². The van der Waals surface area contributed by atoms with Crippen molar-refractivity contribution < 1.29 is 13.2 Å². The Balaban J connectivity index is 1.70. The second-order valence-electron chi connectivity index (χ2n) is 7.20. The first-order valence-electron chi connectivity index (χ1n) is 8.98. The minimum Gasteiger partial charge on any atom is -0.497 e. The summed E-state index contributed by atoms with van der Waals surface area (Å²) in [6.07, 6.45) is 2.28. The van der Waals surface area contributed by atoms with E-state index in [4.69, 9.17) is 4.74 Å². The van der Waals surface area contributed by atoms with Crippen molar-refractivity contribution in [1.82, 2.24) is 8.61 Å². The van der Waals surface area contributed by atoms with Gasteiger partial charge in [-0.25, -0.2) is 0 Å². The molecule has 2 aliphatic rings. The van der Waals surface area contributed by atoms with E-state index in [9.17, 15) is 8.42 Å². The van der Waals surface area contributed by atoms with Gasteiger partial charge in [0.25, 0.3) is 10.2 Å². The van der Waals surface area contributed by atoms with Gasteiger partial charge in [0.05, 0.1) is 7.11 Å². The monoisotopic (exact) mass is 367 g/mol. The van der Waals surface area contributed by atoms with E-state index in [2.05, 4.69) is 11.8 Å². The second-order valence-corrected chi connectivity index (χ2v) is 9.19. The predicted octanol–water partition coefficient (Wildman–Crippen LogP) is 2.18. The molecule has 1 saturated heterocycles. The summed E-state index contributed by atoms with van der Waals surface area (Å²) in [5, 5.41) is 0. The third kappa shape index (κ3) is 3.78. The van der Waals surface area contributed by atoms with E-state index in [0.29, 0.717) is 25.6 Å². The first kappa shape index (κ1) is 18.5. The summed E-state index contributed by atoms with van der Waals surface area (Å²) < 4.78 is 34.4. The number of methoxy groups -OCH3 is 1. The lowest BCUT2D eigenvalue weighted by atomic mass is 10.1. The summed E-state index contributed by atoms with van der Waals surface area (Å²) in [7, 11) is -0.0260. The van der Waals surface area contributed by atoms with E-state index in [-0.39, 0.29) is 12.1 Å². The average Bonchev–Trinajstić information content (AvgIpc) is 3.45. The molecule has 1 saturated carbocycles. The van der Waals surface area contributed by atoms with E-state index < -0.39 is 10.2 Å². The fraction of sp³-hybridized carbons (Fsp3) is 0.667. The van der Waals surface area contributed by atoms with Gasteiger partial charge in [0, 0.05) is 50.5 Å². The summed E-state index contributed by atoms with van der Waals surface area (Å²) in [5.41, 5.74) is 1.07. The van der Waals surface area contributed by atoms with Crippen molar-refractivity contribution >= 4 is 15.9 Å². The lowest BCUT2D eigenvalue weighted by molar-refractivity contribution is 0.284. The third-order valence-corrected chi connectivity index (χ3v) is 7.59. The zero-order valence-electron chi connectivity index (χ0n) is 15.6. The molecule has 1 heterocycles. The zero-order chi connectivity index (χ0) is 18.2. The van der Waals surface area contributed by atoms with Crippen LogP contribution < -0.4 is 9.64 Å². The van der Waals surface area contributed by atoms with Crippen LogP contribution in [0.3, 0.4) is 0 Å². The highest BCUT2D eigenvalue weighted by Gasteiger charge is 2.40. The Morgan fingerprint density at radius 2 is 2.00 bits per heavy atom. The van der Waals surface area contributed by atoms with Crippen molar-refractivity contribution in [2.75, 3.05) is 38.7 Å². The summed E-state index contributed by atoms with van der Waals surface area (Å²) in [5.74, 6) is 1.34. The number of ether oxygens (including phenoxy) is 1. The molecule has 25 heavy (non-hydrogen) atoms. The van der Waals surface area contributed by atoms with E-state index in [1.54, 1.807) is 22.8 Å². The van der Waals surface area contributed by atoms with Crippen LogP contribution in [0.15, 0.2) is 24.3 Å². The van der Waals surface area contributed by atoms with Gasteiger partial charge in [-0.3, -0.25) is 0 Å². The van der Waals surface area contributed by atoms with Gasteiger partial charge >= 0.3 is 0 Å². The molecule has 0 amide bonds. The molecule has 2 fully saturated rings. The molecular weight excluding hydrogens is 338 g/mol. The van der Waals surface area contributed by atoms with Crippen molar-refractivity contribution in [2.24, 2.45) is 5.92 Å². The zero-order valence-corrected chi connectivity index (χ0v) is 16.4. The standard InChI is InChI=1S/C18H29N3O3S/c1-14-13-20(25(22,23)19(3)15(2)16-8-9-16)10-11-21(14)17-6-5-7-18(12-17)24-4/h5-7,12,14-16H,8-11,13H2,1-4H3/t14-,15-/m1/s1. The normalized spacial score (nSPS) is 23.7. The van der Waals surface area contributed by atoms with Crippen molar-refractivity contribution in [3.8, 4) is 5.75 Å². The summed E-state index contributed by atoms with van der Waals surface area (Å²) >= 11 is 0. The molecule has 7 heteroatoms. The van der Waals surface area contributed by atoms with Gasteiger partial charge in [-0.15, -0.1) is 0 Å². The molecule has 140 valence electrons. The van der Waals surface area contributed by atoms with E-state index >= 15 is 0 Å². The Morgan fingerprint density at radius 1 is 1.28 bits per heavy atom. The SMILES string of the molecule is COc1cccc(N2CCN(S(=O)(=O)N(C)[C@H](C)C3CC3)C[C@H]2C)c1. The maximum atomic E-state index is 13.0. The Kier molecular flexibility index (Phi) is 5.27. The van der Waals surface area contributed by atoms with Crippen LogP contribution in [-0.4, -0.2) is 62.9 Å². The predicted molar refractivity (Wildman–Crippen MR) is 100 cm³/mol. The number of hydrogen-bond acceptors (Lipinski definition) is 4. The second kappa shape index (κ2) is 7.13. The lowest BCUT2D eigenvalue weighted by Crippen LogP contribution is -2.57. The van der Waals surface area contributed by atoms with Crippen LogP contribution in [0, 0.1) is 5.92 Å². The van der Waals surface area contributed by atoms with Gasteiger partial charge in [0.1, 0.15) is 5.75 Å². The number of benzene rings is 1. The van der Waals surface area contributed by atoms with Gasteiger partial charge in [0.15, 0.2) is 0 Å². The Morgan fingerprint density at radius 3 is 2.60 bits per heavy atom. The van der Waals surface area contributed by atoms with Gasteiger partial charge in [-0.2, -0.15) is 17.0 Å². The molecule has 6 nitrogen and oxygen atoms in total. The molecule has 0 N–H and O–H groups in total. The van der Waals surface area contributed by atoms with Crippen LogP contribution in [0.2, 0.25) is 0 Å². The van der Waals surface area contributed by atoms with Crippen LogP contribution in [0.5, 0.6) is 5.75 Å². The van der Waals surface area contributed by atoms with Crippen LogP contribution in [0.1, 0.15) is 26.7 Å². The lowest BCUT2D eigenvalue weighted by Gasteiger charge is -2.42. The fourth-order valence-corrected chi connectivity index (χ4v) is 5.25. The van der Waals surface area contributed by atoms with Crippen molar-refractivity contribution in [2.45, 2.75) is 38.8 Å². The highest BCUT2D eigenvalue weighted by Crippen LogP contribution is 2.36. The van der Waals surface area contributed by atoms with E-state index in [0.717, 1.165) is 24.3 Å². The molecule has 0 unspecified atom stereocenters. The molecule has 3 rings (SSSR count). The van der Waals surface area contributed by atoms with E-state index in [1.807, 2.05) is 31.2 Å². The molecule has 2 atom stereocenters. The molecule has 0 spiro atoms. The first-order chi connectivity index (χ1) is 11.8. The summed E-state index contributed by atoms with van der Waals surface area (Å²) in [4.78, 5) is 2.25. The topological polar surface area (TPSA) is 53.1 Å². The molecule has 1 aromatic rings. The number of rotatable bonds is 6. The Bertz CT molecular complexity index is 705. The number of anilines is 1. The molecule has 1 aliphatic heterocycles. The van der Waals surface area contributed by atoms with Crippen molar-refractivity contribution in [3.63, 3.8) is 0 Å². The number of piperazine rings is 1. The highest BCUT2D eigenvalue weighted by molar-refractivity contribution is 7.86. The molecular formula is C18H29N3O3S. The van der Waals surface area contributed by atoms with Crippen LogP contribution in [-0.2, 0) is 10.2 Å². The number of nitrogens with zero attached hydrogens (tertiary/aromatic N) is 3. The van der Waals surface area contributed by atoms with Crippen LogP contribution in [0.4, 0.5) is 5.69 Å². The first-order valence-corrected chi connectivity index (χ1v) is 10.4. The highest BCUT2D eigenvalue weighted by atomic mass is 32.2. The van der Waals surface area contributed by atoms with Gasteiger partial charge in [-0.05, 0) is 44.7 Å². The minimum absolute atomic E-state index is 0.0803. The quantitative estimate of drug-likeness (QED) is 0.773. The third-order valence-electron chi connectivity index (χ3n) is 5.54. The molecule has 0 aromatic heterocycles. The minimum atomic E-state index is -3.40. The van der Waals surface area contributed by atoms with Crippen molar-refractivity contribution in [3.05, 3.63) is 24.3 Å². The fourth-order valence-electron chi connectivity index (χ4n) is 3.57. The van der Waals surface area contributed by atoms with E-state index in [1.165, 1.54) is 0 Å². The summed E-state index contributed by atoms with van der Waals surface area (Å²) in [6, 6.07) is 8.13. The van der Waals surface area contributed by atoms with Gasteiger partial charge < -0.3 is 9.64 Å². The average molecular weight is 368 g/mol. The maximum absolute atomic E-state index is 13.0. The maximum Gasteiger partial charge on any atom is 0.282 e. The number of hydrogen-bond donors (Lipinski definition) is 0. The van der Waals surface area contributed by atoms with Crippen LogP contribution in [0.25, 0.3) is 0 Å². The molecule has 1 aromatic carbocycles. The van der Waals surface area contributed by atoms with Gasteiger partial charge in [0.2, 0.25) is 0 Å². The molecule has 1 aliphatic carbocycles. The Labute approximate surface area is 151 Å². The molecule has 0 radical (unpaired) electrons. The summed E-state index contributed by atoms with van der Waals surface area (Å²) in [6.45, 7) is 5.78.